The molecule has 0 aliphatic carbocycles. The van der Waals surface area contributed by atoms with Crippen LogP contribution in [0.3, 0.4) is 0 Å². The lowest BCUT2D eigenvalue weighted by Crippen LogP contribution is -2.30. The maximum atomic E-state index is 12.9. The molecule has 0 bridgehead atoms. The second-order valence-electron chi connectivity index (χ2n) is 7.17. The summed E-state index contributed by atoms with van der Waals surface area (Å²) in [5, 5.41) is 0.863. The van der Waals surface area contributed by atoms with Gasteiger partial charge in [-0.05, 0) is 65.7 Å². The number of nitrogens with zero attached hydrogens (tertiary/aromatic N) is 1. The molecule has 4 rings (SSSR count). The van der Waals surface area contributed by atoms with Gasteiger partial charge in [0.05, 0.1) is 4.91 Å². The quantitative estimate of drug-likeness (QED) is 0.344. The number of halogens is 2. The monoisotopic (exact) mass is 483 g/mol. The van der Waals surface area contributed by atoms with Crippen molar-refractivity contribution in [3.63, 3.8) is 0 Å². The summed E-state index contributed by atoms with van der Waals surface area (Å²) in [5.41, 5.74) is 2.62. The number of rotatable bonds is 7. The number of amides is 2. The van der Waals surface area contributed by atoms with E-state index in [0.29, 0.717) is 45.8 Å². The van der Waals surface area contributed by atoms with Crippen LogP contribution in [0.2, 0.25) is 10.0 Å². The molecule has 1 aliphatic heterocycles. The maximum absolute atomic E-state index is 12.9. The van der Waals surface area contributed by atoms with E-state index in [0.717, 1.165) is 22.9 Å². The lowest BCUT2D eigenvalue weighted by molar-refractivity contribution is -0.122. The molecule has 1 aliphatic rings. The Labute approximate surface area is 200 Å². The first-order valence-corrected chi connectivity index (χ1v) is 11.5. The highest BCUT2D eigenvalue weighted by molar-refractivity contribution is 8.18. The molecule has 0 spiro atoms. The summed E-state index contributed by atoms with van der Waals surface area (Å²) in [5.74, 6) is 0.252. The zero-order chi connectivity index (χ0) is 22.5. The van der Waals surface area contributed by atoms with E-state index >= 15 is 0 Å². The Morgan fingerprint density at radius 3 is 2.41 bits per heavy atom. The number of ether oxygens (including phenoxy) is 1. The summed E-state index contributed by atoms with van der Waals surface area (Å²) in [6, 6.07) is 22.3. The normalized spacial score (nSPS) is 14.9. The lowest BCUT2D eigenvalue weighted by atomic mass is 10.1. The fourth-order valence-corrected chi connectivity index (χ4v) is 4.52. The van der Waals surface area contributed by atoms with Gasteiger partial charge < -0.3 is 4.74 Å². The fourth-order valence-electron chi connectivity index (χ4n) is 3.27. The van der Waals surface area contributed by atoms with Crippen molar-refractivity contribution < 1.29 is 14.3 Å². The minimum atomic E-state index is -0.309. The molecule has 162 valence electrons. The average molecular weight is 484 g/mol. The van der Waals surface area contributed by atoms with Crippen LogP contribution in [-0.2, 0) is 17.8 Å². The Balaban J connectivity index is 1.50. The van der Waals surface area contributed by atoms with Crippen LogP contribution < -0.4 is 4.74 Å². The van der Waals surface area contributed by atoms with E-state index in [1.165, 1.54) is 4.90 Å². The molecule has 2 amide bonds. The molecule has 0 N–H and O–H groups in total. The predicted molar refractivity (Wildman–Crippen MR) is 130 cm³/mol. The Kier molecular flexibility index (Phi) is 7.20. The minimum absolute atomic E-state index is 0.277. The van der Waals surface area contributed by atoms with Crippen molar-refractivity contribution in [3.8, 4) is 5.75 Å². The number of imide groups is 1. The molecule has 1 heterocycles. The highest BCUT2D eigenvalue weighted by Gasteiger charge is 2.34. The molecular formula is C25H19Cl2NO3S. The van der Waals surface area contributed by atoms with Gasteiger partial charge in [0.25, 0.3) is 11.1 Å². The number of benzene rings is 3. The molecule has 0 saturated carbocycles. The van der Waals surface area contributed by atoms with Gasteiger partial charge in [0.15, 0.2) is 0 Å². The average Bonchev–Trinajstić information content (AvgIpc) is 3.05. The summed E-state index contributed by atoms with van der Waals surface area (Å²) in [4.78, 5) is 27.0. The predicted octanol–water partition coefficient (Wildman–Crippen LogP) is 6.85. The maximum Gasteiger partial charge on any atom is 0.293 e. The first kappa shape index (κ1) is 22.5. The zero-order valence-corrected chi connectivity index (χ0v) is 19.3. The largest absolute Gasteiger partial charge is 0.488 e. The SMILES string of the molecule is O=C1S/C(=C/c2cc(Cl)ccc2OCc2cccc(Cl)c2)C(=O)N1CCc1ccccc1. The standard InChI is InChI=1S/C25H19Cl2NO3S/c26-20-8-4-7-18(13-20)16-31-22-10-9-21(27)14-19(22)15-23-24(29)28(25(30)32-23)12-11-17-5-2-1-3-6-17/h1-10,13-15H,11-12,16H2/b23-15+. The van der Waals surface area contributed by atoms with Gasteiger partial charge in [-0.1, -0.05) is 65.7 Å². The number of hydrogen-bond donors (Lipinski definition) is 0. The van der Waals surface area contributed by atoms with Crippen LogP contribution in [0.4, 0.5) is 4.79 Å². The third kappa shape index (κ3) is 5.54. The van der Waals surface area contributed by atoms with Crippen molar-refractivity contribution in [1.82, 2.24) is 4.90 Å². The van der Waals surface area contributed by atoms with Crippen molar-refractivity contribution in [2.24, 2.45) is 0 Å². The van der Waals surface area contributed by atoms with Crippen molar-refractivity contribution in [2.75, 3.05) is 6.54 Å². The molecule has 3 aromatic carbocycles. The van der Waals surface area contributed by atoms with E-state index in [9.17, 15) is 9.59 Å². The molecule has 32 heavy (non-hydrogen) atoms. The van der Waals surface area contributed by atoms with Crippen LogP contribution >= 0.6 is 35.0 Å². The third-order valence-electron chi connectivity index (χ3n) is 4.88. The Hall–Kier alpha value is -2.73. The molecule has 7 heteroatoms. The van der Waals surface area contributed by atoms with Crippen LogP contribution in [0.1, 0.15) is 16.7 Å². The molecule has 0 atom stereocenters. The highest BCUT2D eigenvalue weighted by Crippen LogP contribution is 2.35. The highest BCUT2D eigenvalue weighted by atomic mass is 35.5. The summed E-state index contributed by atoms with van der Waals surface area (Å²) < 4.78 is 5.96. The first-order valence-electron chi connectivity index (χ1n) is 9.96. The van der Waals surface area contributed by atoms with Gasteiger partial charge in [-0.15, -0.1) is 0 Å². The van der Waals surface area contributed by atoms with E-state index in [-0.39, 0.29) is 11.1 Å². The summed E-state index contributed by atoms with van der Waals surface area (Å²) >= 11 is 13.1. The summed E-state index contributed by atoms with van der Waals surface area (Å²) in [6.07, 6.45) is 2.27. The van der Waals surface area contributed by atoms with Gasteiger partial charge in [-0.25, -0.2) is 0 Å². The van der Waals surface area contributed by atoms with Crippen molar-refractivity contribution in [2.45, 2.75) is 13.0 Å². The summed E-state index contributed by atoms with van der Waals surface area (Å²) in [6.45, 7) is 0.640. The molecule has 1 fully saturated rings. The number of carbonyl (C=O) groups is 2. The molecule has 1 saturated heterocycles. The van der Waals surface area contributed by atoms with Crippen LogP contribution in [0.15, 0.2) is 77.7 Å². The fraction of sp³-hybridized carbons (Fsp3) is 0.120. The third-order valence-corrected chi connectivity index (χ3v) is 6.26. The van der Waals surface area contributed by atoms with Gasteiger partial charge in [0.2, 0.25) is 0 Å². The molecule has 3 aromatic rings. The van der Waals surface area contributed by atoms with Gasteiger partial charge >= 0.3 is 0 Å². The topological polar surface area (TPSA) is 46.6 Å². The van der Waals surface area contributed by atoms with Gasteiger partial charge in [0.1, 0.15) is 12.4 Å². The van der Waals surface area contributed by atoms with E-state index in [4.69, 9.17) is 27.9 Å². The smallest absolute Gasteiger partial charge is 0.293 e. The van der Waals surface area contributed by atoms with Crippen molar-refractivity contribution in [1.29, 1.82) is 0 Å². The number of carbonyl (C=O) groups excluding carboxylic acids is 2. The first-order chi connectivity index (χ1) is 15.5. The van der Waals surface area contributed by atoms with Crippen LogP contribution in [0, 0.1) is 0 Å². The second-order valence-corrected chi connectivity index (χ2v) is 9.04. The molecular weight excluding hydrogens is 465 g/mol. The lowest BCUT2D eigenvalue weighted by Gasteiger charge is -2.12. The number of thioether (sulfide) groups is 1. The Bertz CT molecular complexity index is 1180. The van der Waals surface area contributed by atoms with E-state index in [1.807, 2.05) is 48.5 Å². The molecule has 0 unspecified atom stereocenters. The van der Waals surface area contributed by atoms with Crippen molar-refractivity contribution in [3.05, 3.63) is 104 Å². The Morgan fingerprint density at radius 1 is 0.875 bits per heavy atom. The van der Waals surface area contributed by atoms with Crippen LogP contribution in [0.5, 0.6) is 5.75 Å². The summed E-state index contributed by atoms with van der Waals surface area (Å²) in [7, 11) is 0. The Morgan fingerprint density at radius 2 is 1.62 bits per heavy atom. The van der Waals surface area contributed by atoms with Gasteiger partial charge in [0, 0.05) is 22.2 Å². The van der Waals surface area contributed by atoms with E-state index in [1.54, 1.807) is 30.3 Å². The zero-order valence-electron chi connectivity index (χ0n) is 17.0. The van der Waals surface area contributed by atoms with Crippen LogP contribution in [0.25, 0.3) is 6.08 Å². The van der Waals surface area contributed by atoms with Gasteiger partial charge in [-0.2, -0.15) is 0 Å². The van der Waals surface area contributed by atoms with E-state index < -0.39 is 0 Å². The van der Waals surface area contributed by atoms with Crippen LogP contribution in [-0.4, -0.2) is 22.6 Å². The van der Waals surface area contributed by atoms with E-state index in [2.05, 4.69) is 0 Å². The molecule has 0 radical (unpaired) electrons. The molecule has 4 nitrogen and oxygen atoms in total. The van der Waals surface area contributed by atoms with Crippen molar-refractivity contribution >= 4 is 52.2 Å². The minimum Gasteiger partial charge on any atom is -0.488 e. The number of hydrogen-bond acceptors (Lipinski definition) is 4. The second kappa shape index (κ2) is 10.3. The molecule has 0 aromatic heterocycles. The van der Waals surface area contributed by atoms with Gasteiger partial charge in [-0.3, -0.25) is 14.5 Å².